The highest BCUT2D eigenvalue weighted by Gasteiger charge is 2.21. The molecular formula is C7H16O4. The minimum Gasteiger partial charge on any atom is -0.394 e. The number of aliphatic hydroxyl groups is 3. The van der Waals surface area contributed by atoms with E-state index in [-0.39, 0.29) is 0 Å². The van der Waals surface area contributed by atoms with Crippen molar-refractivity contribution in [3.63, 3.8) is 0 Å². The van der Waals surface area contributed by atoms with Crippen LogP contribution in [-0.4, -0.2) is 46.8 Å². The van der Waals surface area contributed by atoms with Crippen molar-refractivity contribution in [3.8, 4) is 0 Å². The fraction of sp³-hybridized carbons (Fsp3) is 1.00. The molecule has 2 unspecified atom stereocenters. The van der Waals surface area contributed by atoms with Crippen LogP contribution < -0.4 is 0 Å². The monoisotopic (exact) mass is 164 g/mol. The van der Waals surface area contributed by atoms with Gasteiger partial charge in [-0.3, -0.25) is 0 Å². The molecule has 0 aliphatic carbocycles. The van der Waals surface area contributed by atoms with Gasteiger partial charge in [-0.25, -0.2) is 0 Å². The molecule has 3 atom stereocenters. The van der Waals surface area contributed by atoms with Crippen LogP contribution in [0.1, 0.15) is 13.8 Å². The van der Waals surface area contributed by atoms with E-state index in [4.69, 9.17) is 14.9 Å². The van der Waals surface area contributed by atoms with Crippen molar-refractivity contribution in [2.24, 2.45) is 0 Å². The zero-order valence-corrected chi connectivity index (χ0v) is 6.90. The largest absolute Gasteiger partial charge is 0.394 e. The first-order chi connectivity index (χ1) is 5.13. The Hall–Kier alpha value is -0.160. The van der Waals surface area contributed by atoms with Crippen molar-refractivity contribution in [1.29, 1.82) is 0 Å². The van der Waals surface area contributed by atoms with E-state index in [1.807, 2.05) is 0 Å². The third-order valence-electron chi connectivity index (χ3n) is 1.49. The Morgan fingerprint density at radius 3 is 2.27 bits per heavy atom. The van der Waals surface area contributed by atoms with Crippen LogP contribution in [0.25, 0.3) is 0 Å². The maximum atomic E-state index is 9.18. The number of ether oxygens (including phenoxy) is 1. The molecule has 0 aliphatic heterocycles. The van der Waals surface area contributed by atoms with Gasteiger partial charge in [-0.1, -0.05) is 0 Å². The third-order valence-corrected chi connectivity index (χ3v) is 1.49. The molecule has 4 nitrogen and oxygen atoms in total. The van der Waals surface area contributed by atoms with Crippen molar-refractivity contribution in [2.45, 2.75) is 32.2 Å². The molecule has 0 aromatic carbocycles. The van der Waals surface area contributed by atoms with Crippen LogP contribution in [0.4, 0.5) is 0 Å². The van der Waals surface area contributed by atoms with Gasteiger partial charge < -0.3 is 20.1 Å². The summed E-state index contributed by atoms with van der Waals surface area (Å²) in [6, 6.07) is 0. The molecule has 0 aromatic rings. The van der Waals surface area contributed by atoms with Crippen LogP contribution >= 0.6 is 0 Å². The summed E-state index contributed by atoms with van der Waals surface area (Å²) in [6.07, 6.45) is -2.57. The van der Waals surface area contributed by atoms with E-state index in [0.29, 0.717) is 6.61 Å². The predicted molar refractivity (Wildman–Crippen MR) is 40.2 cm³/mol. The van der Waals surface area contributed by atoms with Gasteiger partial charge in [-0.05, 0) is 13.8 Å². The average molecular weight is 164 g/mol. The van der Waals surface area contributed by atoms with Crippen LogP contribution in [0, 0.1) is 0 Å². The normalized spacial score (nSPS) is 19.4. The second-order valence-electron chi connectivity index (χ2n) is 2.40. The summed E-state index contributed by atoms with van der Waals surface area (Å²) in [5.41, 5.74) is 0. The van der Waals surface area contributed by atoms with Crippen LogP contribution in [-0.2, 0) is 4.74 Å². The molecule has 0 aromatic heterocycles. The maximum Gasteiger partial charge on any atom is 0.108 e. The van der Waals surface area contributed by atoms with Crippen LogP contribution in [0.5, 0.6) is 0 Å². The first-order valence-electron chi connectivity index (χ1n) is 3.72. The summed E-state index contributed by atoms with van der Waals surface area (Å²) < 4.78 is 5.01. The fourth-order valence-electron chi connectivity index (χ4n) is 0.782. The molecule has 11 heavy (non-hydrogen) atoms. The van der Waals surface area contributed by atoms with E-state index >= 15 is 0 Å². The molecule has 0 heterocycles. The van der Waals surface area contributed by atoms with Gasteiger partial charge >= 0.3 is 0 Å². The smallest absolute Gasteiger partial charge is 0.108 e. The molecule has 0 bridgehead atoms. The van der Waals surface area contributed by atoms with Gasteiger partial charge in [0, 0.05) is 6.61 Å². The molecule has 0 radical (unpaired) electrons. The lowest BCUT2D eigenvalue weighted by Crippen LogP contribution is -2.39. The number of hydrogen-bond donors (Lipinski definition) is 3. The molecule has 0 saturated heterocycles. The first-order valence-corrected chi connectivity index (χ1v) is 3.72. The Labute approximate surface area is 66.4 Å². The number of hydrogen-bond acceptors (Lipinski definition) is 4. The van der Waals surface area contributed by atoms with Gasteiger partial charge in [0.2, 0.25) is 0 Å². The molecule has 0 spiro atoms. The Balaban J connectivity index is 3.70. The predicted octanol–water partition coefficient (Wildman–Crippen LogP) is -0.875. The number of rotatable bonds is 5. The second kappa shape index (κ2) is 5.49. The van der Waals surface area contributed by atoms with Gasteiger partial charge in [0.05, 0.1) is 12.7 Å². The highest BCUT2D eigenvalue weighted by molar-refractivity contribution is 4.71. The van der Waals surface area contributed by atoms with Crippen molar-refractivity contribution in [2.75, 3.05) is 13.2 Å². The van der Waals surface area contributed by atoms with E-state index in [9.17, 15) is 5.11 Å². The molecule has 0 saturated carbocycles. The van der Waals surface area contributed by atoms with E-state index < -0.39 is 24.9 Å². The van der Waals surface area contributed by atoms with E-state index in [0.717, 1.165) is 0 Å². The highest BCUT2D eigenvalue weighted by Crippen LogP contribution is 2.02. The van der Waals surface area contributed by atoms with Gasteiger partial charge in [-0.15, -0.1) is 0 Å². The molecular weight excluding hydrogens is 148 g/mol. The fourth-order valence-corrected chi connectivity index (χ4v) is 0.782. The van der Waals surface area contributed by atoms with E-state index in [1.165, 1.54) is 0 Å². The molecule has 3 N–H and O–H groups in total. The summed E-state index contributed by atoms with van der Waals surface area (Å²) in [4.78, 5) is 0. The Kier molecular flexibility index (Phi) is 5.41. The standard InChI is InChI=1S/C7H16O4/c1-3-11-5(2)7(10)6(9)4-8/h5-10H,3-4H2,1-2H3/t5?,6-,7?/m1/s1. The molecule has 68 valence electrons. The van der Waals surface area contributed by atoms with Gasteiger partial charge in [0.1, 0.15) is 12.2 Å². The minimum atomic E-state index is -1.11. The molecule has 0 rings (SSSR count). The van der Waals surface area contributed by atoms with Gasteiger partial charge in [0.25, 0.3) is 0 Å². The van der Waals surface area contributed by atoms with Gasteiger partial charge in [0.15, 0.2) is 0 Å². The summed E-state index contributed by atoms with van der Waals surface area (Å²) in [5, 5.41) is 26.6. The lowest BCUT2D eigenvalue weighted by atomic mass is 10.1. The van der Waals surface area contributed by atoms with Crippen molar-refractivity contribution in [3.05, 3.63) is 0 Å². The Morgan fingerprint density at radius 1 is 1.36 bits per heavy atom. The second-order valence-corrected chi connectivity index (χ2v) is 2.40. The summed E-state index contributed by atoms with van der Waals surface area (Å²) >= 11 is 0. The molecule has 4 heteroatoms. The Morgan fingerprint density at radius 2 is 1.91 bits per heavy atom. The summed E-state index contributed by atoms with van der Waals surface area (Å²) in [7, 11) is 0. The zero-order valence-electron chi connectivity index (χ0n) is 6.90. The van der Waals surface area contributed by atoms with Crippen molar-refractivity contribution < 1.29 is 20.1 Å². The summed E-state index contributed by atoms with van der Waals surface area (Å²) in [5.74, 6) is 0. The zero-order chi connectivity index (χ0) is 8.85. The molecule has 0 aliphatic rings. The van der Waals surface area contributed by atoms with Crippen molar-refractivity contribution in [1.82, 2.24) is 0 Å². The Bertz CT molecular complexity index is 96.4. The average Bonchev–Trinajstić information content (AvgIpc) is 2.02. The first kappa shape index (κ1) is 10.8. The summed E-state index contributed by atoms with van der Waals surface area (Å²) in [6.45, 7) is 3.48. The van der Waals surface area contributed by atoms with Crippen molar-refractivity contribution >= 4 is 0 Å². The topological polar surface area (TPSA) is 69.9 Å². The van der Waals surface area contributed by atoms with Crippen LogP contribution in [0.3, 0.4) is 0 Å². The lowest BCUT2D eigenvalue weighted by molar-refractivity contribution is -0.0923. The van der Waals surface area contributed by atoms with Crippen LogP contribution in [0.2, 0.25) is 0 Å². The van der Waals surface area contributed by atoms with Gasteiger partial charge in [-0.2, -0.15) is 0 Å². The van der Waals surface area contributed by atoms with E-state index in [2.05, 4.69) is 0 Å². The SMILES string of the molecule is CCOC(C)C(O)[C@H](O)CO. The molecule has 0 amide bonds. The molecule has 0 fully saturated rings. The van der Waals surface area contributed by atoms with E-state index in [1.54, 1.807) is 13.8 Å². The van der Waals surface area contributed by atoms with Crippen LogP contribution in [0.15, 0.2) is 0 Å². The number of aliphatic hydroxyl groups excluding tert-OH is 3. The lowest BCUT2D eigenvalue weighted by Gasteiger charge is -2.21. The minimum absolute atomic E-state index is 0.442. The highest BCUT2D eigenvalue weighted by atomic mass is 16.5. The third kappa shape index (κ3) is 3.67. The quantitative estimate of drug-likeness (QED) is 0.494. The maximum absolute atomic E-state index is 9.18.